The van der Waals surface area contributed by atoms with Gasteiger partial charge < -0.3 is 24.6 Å². The van der Waals surface area contributed by atoms with Gasteiger partial charge in [0, 0.05) is 12.8 Å². The van der Waals surface area contributed by atoms with Gasteiger partial charge in [-0.1, -0.05) is 162 Å². The first-order valence-electron chi connectivity index (χ1n) is 19.5. The van der Waals surface area contributed by atoms with Crippen molar-refractivity contribution < 1.29 is 47.8 Å². The van der Waals surface area contributed by atoms with Crippen LogP contribution in [-0.2, 0) is 32.7 Å². The highest BCUT2D eigenvalue weighted by molar-refractivity contribution is 7.47. The van der Waals surface area contributed by atoms with E-state index in [0.717, 1.165) is 38.5 Å². The Balaban J connectivity index is 4.02. The molecule has 3 N–H and O–H groups in total. The minimum atomic E-state index is -4.59. The quantitative estimate of drug-likeness (QED) is 0.0324. The van der Waals surface area contributed by atoms with Crippen LogP contribution in [0.1, 0.15) is 187 Å². The molecule has 0 aromatic heterocycles. The van der Waals surface area contributed by atoms with Crippen LogP contribution in [0.2, 0.25) is 0 Å². The maximum Gasteiger partial charge on any atom is 0.472 e. The van der Waals surface area contributed by atoms with Crippen LogP contribution in [0.4, 0.5) is 0 Å². The molecule has 3 unspecified atom stereocenters. The second-order valence-electron chi connectivity index (χ2n) is 13.3. The van der Waals surface area contributed by atoms with Crippen LogP contribution >= 0.6 is 7.82 Å². The number of hydrogen-bond donors (Lipinski definition) is 3. The van der Waals surface area contributed by atoms with E-state index >= 15 is 0 Å². The first-order valence-corrected chi connectivity index (χ1v) is 21.0. The SMILES string of the molecule is CCCCCCCCCCCCCCCCCCCCCCCC(=O)OC(COC(=O)CCCCCC)COP(=O)(O)OCC(O)CO. The van der Waals surface area contributed by atoms with E-state index < -0.39 is 51.8 Å². The number of rotatable bonds is 37. The third-order valence-electron chi connectivity index (χ3n) is 8.51. The van der Waals surface area contributed by atoms with Gasteiger partial charge in [-0.05, 0) is 12.8 Å². The normalized spacial score (nSPS) is 14.0. The molecule has 0 aliphatic carbocycles. The standard InChI is InChI=1S/C37H73O10P/c1-3-5-7-9-10-11-12-13-14-15-16-17-18-19-20-21-22-23-24-25-27-29-37(41)47-35(32-44-36(40)28-26-8-6-4-2)33-46-48(42,43)45-31-34(39)30-38/h34-35,38-39H,3-33H2,1-2H3,(H,42,43). The summed E-state index contributed by atoms with van der Waals surface area (Å²) in [4.78, 5) is 34.4. The lowest BCUT2D eigenvalue weighted by molar-refractivity contribution is -0.161. The summed E-state index contributed by atoms with van der Waals surface area (Å²) < 4.78 is 32.3. The molecule has 286 valence electrons. The Morgan fingerprint density at radius 3 is 1.31 bits per heavy atom. The fraction of sp³-hybridized carbons (Fsp3) is 0.946. The van der Waals surface area contributed by atoms with Gasteiger partial charge in [-0.2, -0.15) is 0 Å². The van der Waals surface area contributed by atoms with Gasteiger partial charge in [-0.25, -0.2) is 4.57 Å². The van der Waals surface area contributed by atoms with E-state index in [1.807, 2.05) is 0 Å². The summed E-state index contributed by atoms with van der Waals surface area (Å²) in [5.41, 5.74) is 0. The summed E-state index contributed by atoms with van der Waals surface area (Å²) in [5.74, 6) is -0.934. The first-order chi connectivity index (χ1) is 23.2. The highest BCUT2D eigenvalue weighted by Gasteiger charge is 2.27. The molecule has 0 spiro atoms. The van der Waals surface area contributed by atoms with E-state index in [2.05, 4.69) is 18.4 Å². The Morgan fingerprint density at radius 1 is 0.542 bits per heavy atom. The number of carbonyl (C=O) groups excluding carboxylic acids is 2. The van der Waals surface area contributed by atoms with Crippen LogP contribution in [-0.4, -0.2) is 65.7 Å². The topological polar surface area (TPSA) is 149 Å². The Morgan fingerprint density at radius 2 is 0.896 bits per heavy atom. The van der Waals surface area contributed by atoms with Gasteiger partial charge in [0.15, 0.2) is 6.10 Å². The molecule has 0 aromatic rings. The van der Waals surface area contributed by atoms with E-state index in [1.165, 1.54) is 109 Å². The summed E-state index contributed by atoms with van der Waals surface area (Å²) in [6.45, 7) is 2.25. The zero-order chi connectivity index (χ0) is 35.6. The fourth-order valence-electron chi connectivity index (χ4n) is 5.46. The number of carbonyl (C=O) groups is 2. The number of unbranched alkanes of at least 4 members (excludes halogenated alkanes) is 23. The molecule has 0 amide bonds. The number of hydrogen-bond acceptors (Lipinski definition) is 9. The van der Waals surface area contributed by atoms with E-state index in [9.17, 15) is 24.2 Å². The number of esters is 2. The third-order valence-corrected chi connectivity index (χ3v) is 9.46. The van der Waals surface area contributed by atoms with Crippen molar-refractivity contribution in [1.82, 2.24) is 0 Å². The van der Waals surface area contributed by atoms with Gasteiger partial charge >= 0.3 is 19.8 Å². The lowest BCUT2D eigenvalue weighted by atomic mass is 10.0. The van der Waals surface area contributed by atoms with Gasteiger partial charge in [0.1, 0.15) is 12.7 Å². The number of ether oxygens (including phenoxy) is 2. The van der Waals surface area contributed by atoms with Crippen molar-refractivity contribution in [3.63, 3.8) is 0 Å². The van der Waals surface area contributed by atoms with Gasteiger partial charge in [-0.3, -0.25) is 18.6 Å². The van der Waals surface area contributed by atoms with Crippen molar-refractivity contribution in [2.45, 2.75) is 199 Å². The van der Waals surface area contributed by atoms with Gasteiger partial charge in [0.25, 0.3) is 0 Å². The van der Waals surface area contributed by atoms with Crippen molar-refractivity contribution in [2.75, 3.05) is 26.4 Å². The molecule has 0 saturated heterocycles. The number of phosphoric acid groups is 1. The summed E-state index contributed by atoms with van der Waals surface area (Å²) in [5, 5.41) is 18.2. The average molecular weight is 709 g/mol. The van der Waals surface area contributed by atoms with E-state index in [1.54, 1.807) is 0 Å². The molecule has 0 bridgehead atoms. The van der Waals surface area contributed by atoms with Crippen molar-refractivity contribution >= 4 is 19.8 Å². The van der Waals surface area contributed by atoms with Crippen molar-refractivity contribution in [2.24, 2.45) is 0 Å². The van der Waals surface area contributed by atoms with Crippen LogP contribution in [0.3, 0.4) is 0 Å². The second-order valence-corrected chi connectivity index (χ2v) is 14.8. The molecule has 0 radical (unpaired) electrons. The van der Waals surface area contributed by atoms with Gasteiger partial charge in [0.2, 0.25) is 0 Å². The van der Waals surface area contributed by atoms with E-state index in [0.29, 0.717) is 12.8 Å². The zero-order valence-electron chi connectivity index (χ0n) is 30.7. The minimum Gasteiger partial charge on any atom is -0.462 e. The molecular weight excluding hydrogens is 635 g/mol. The van der Waals surface area contributed by atoms with Crippen LogP contribution in [0.25, 0.3) is 0 Å². The molecule has 11 heteroatoms. The molecule has 0 fully saturated rings. The summed E-state index contributed by atoms with van der Waals surface area (Å²) in [6, 6.07) is 0. The predicted octanol–water partition coefficient (Wildman–Crippen LogP) is 9.50. The van der Waals surface area contributed by atoms with Crippen LogP contribution in [0.15, 0.2) is 0 Å². The van der Waals surface area contributed by atoms with Crippen molar-refractivity contribution in [1.29, 1.82) is 0 Å². The lowest BCUT2D eigenvalue weighted by Gasteiger charge is -2.20. The Kier molecular flexibility index (Phi) is 33.7. The van der Waals surface area contributed by atoms with Crippen LogP contribution in [0.5, 0.6) is 0 Å². The number of aliphatic hydroxyl groups is 2. The minimum absolute atomic E-state index is 0.191. The Hall–Kier alpha value is -1.03. The molecule has 10 nitrogen and oxygen atoms in total. The maximum absolute atomic E-state index is 12.5. The smallest absolute Gasteiger partial charge is 0.462 e. The van der Waals surface area contributed by atoms with Gasteiger partial charge in [0.05, 0.1) is 19.8 Å². The summed E-state index contributed by atoms with van der Waals surface area (Å²) in [7, 11) is -4.59. The maximum atomic E-state index is 12.5. The van der Waals surface area contributed by atoms with Crippen molar-refractivity contribution in [3.8, 4) is 0 Å². The molecule has 0 aliphatic heterocycles. The van der Waals surface area contributed by atoms with E-state index in [4.69, 9.17) is 19.1 Å². The third kappa shape index (κ3) is 33.5. The first kappa shape index (κ1) is 47.0. The molecular formula is C37H73O10P. The average Bonchev–Trinajstić information content (AvgIpc) is 3.07. The number of aliphatic hydroxyl groups excluding tert-OH is 2. The monoisotopic (exact) mass is 708 g/mol. The van der Waals surface area contributed by atoms with Crippen molar-refractivity contribution in [3.05, 3.63) is 0 Å². The van der Waals surface area contributed by atoms with E-state index in [-0.39, 0.29) is 19.4 Å². The molecule has 0 aromatic carbocycles. The fourth-order valence-corrected chi connectivity index (χ4v) is 6.25. The molecule has 0 saturated carbocycles. The Labute approximate surface area is 293 Å². The van der Waals surface area contributed by atoms with Gasteiger partial charge in [-0.15, -0.1) is 0 Å². The number of phosphoric ester groups is 1. The van der Waals surface area contributed by atoms with Crippen LogP contribution < -0.4 is 0 Å². The summed E-state index contributed by atoms with van der Waals surface area (Å²) in [6.07, 6.45) is 28.7. The largest absolute Gasteiger partial charge is 0.472 e. The molecule has 48 heavy (non-hydrogen) atoms. The lowest BCUT2D eigenvalue weighted by Crippen LogP contribution is -2.29. The summed E-state index contributed by atoms with van der Waals surface area (Å²) >= 11 is 0. The van der Waals surface area contributed by atoms with Crippen LogP contribution in [0, 0.1) is 0 Å². The Bertz CT molecular complexity index is 781. The predicted molar refractivity (Wildman–Crippen MR) is 192 cm³/mol. The molecule has 0 aliphatic rings. The second kappa shape index (κ2) is 34.4. The zero-order valence-corrected chi connectivity index (χ0v) is 31.6. The highest BCUT2D eigenvalue weighted by Crippen LogP contribution is 2.43. The molecule has 3 atom stereocenters. The molecule has 0 rings (SSSR count). The highest BCUT2D eigenvalue weighted by atomic mass is 31.2. The molecule has 0 heterocycles.